The fraction of sp³-hybridized carbons (Fsp3) is 0.241. The Balaban J connectivity index is 1.35. The van der Waals surface area contributed by atoms with Gasteiger partial charge < -0.3 is 4.74 Å². The average Bonchev–Trinajstić information content (AvgIpc) is 3.20. The van der Waals surface area contributed by atoms with Crippen LogP contribution in [-0.2, 0) is 11.4 Å². The number of halogens is 2. The first-order valence-corrected chi connectivity index (χ1v) is 12.9. The zero-order chi connectivity index (χ0) is 24.9. The van der Waals surface area contributed by atoms with Crippen LogP contribution in [0, 0.1) is 11.6 Å². The van der Waals surface area contributed by atoms with Gasteiger partial charge in [-0.25, -0.2) is 13.8 Å². The number of amidine groups is 1. The third kappa shape index (κ3) is 5.68. The maximum Gasteiger partial charge on any atom is 0.267 e. The van der Waals surface area contributed by atoms with Crippen molar-refractivity contribution in [2.75, 3.05) is 0 Å². The van der Waals surface area contributed by atoms with E-state index in [2.05, 4.69) is 4.99 Å². The van der Waals surface area contributed by atoms with E-state index in [0.29, 0.717) is 22.4 Å². The minimum absolute atomic E-state index is 0.0809. The Labute approximate surface area is 213 Å². The molecule has 0 aromatic heterocycles. The van der Waals surface area contributed by atoms with Gasteiger partial charge in [-0.05, 0) is 78.2 Å². The van der Waals surface area contributed by atoms with Crippen molar-refractivity contribution in [2.24, 2.45) is 4.99 Å². The molecule has 0 atom stereocenters. The lowest BCUT2D eigenvalue weighted by molar-refractivity contribution is -0.124. The van der Waals surface area contributed by atoms with Crippen LogP contribution in [0.4, 0.5) is 14.5 Å². The van der Waals surface area contributed by atoms with Crippen molar-refractivity contribution in [3.63, 3.8) is 0 Å². The highest BCUT2D eigenvalue weighted by Gasteiger charge is 2.38. The molecule has 7 heteroatoms. The number of aliphatic imine (C=N–C) groups is 1. The second kappa shape index (κ2) is 11.1. The van der Waals surface area contributed by atoms with E-state index in [1.807, 2.05) is 30.3 Å². The number of ether oxygens (including phenoxy) is 1. The summed E-state index contributed by atoms with van der Waals surface area (Å²) in [5.41, 5.74) is 1.97. The Hall–Kier alpha value is -3.45. The van der Waals surface area contributed by atoms with Gasteiger partial charge in [-0.3, -0.25) is 9.69 Å². The number of hydrogen-bond donors (Lipinski definition) is 0. The summed E-state index contributed by atoms with van der Waals surface area (Å²) in [6, 6.07) is 20.1. The quantitative estimate of drug-likeness (QED) is 0.327. The van der Waals surface area contributed by atoms with Crippen molar-refractivity contribution in [1.82, 2.24) is 4.90 Å². The zero-order valence-electron chi connectivity index (χ0n) is 19.7. The first-order chi connectivity index (χ1) is 17.6. The second-order valence-corrected chi connectivity index (χ2v) is 9.92. The molecule has 3 aromatic carbocycles. The predicted molar refractivity (Wildman–Crippen MR) is 140 cm³/mol. The lowest BCUT2D eigenvalue weighted by Gasteiger charge is -2.30. The number of thioether (sulfide) groups is 1. The average molecular weight is 505 g/mol. The molecular formula is C29H26F2N2O2S. The molecule has 5 rings (SSSR count). The van der Waals surface area contributed by atoms with Crippen LogP contribution >= 0.6 is 11.8 Å². The van der Waals surface area contributed by atoms with E-state index in [1.54, 1.807) is 35.2 Å². The molecule has 1 amide bonds. The minimum Gasteiger partial charge on any atom is -0.489 e. The van der Waals surface area contributed by atoms with Gasteiger partial charge in [-0.15, -0.1) is 0 Å². The second-order valence-electron chi connectivity index (χ2n) is 8.91. The lowest BCUT2D eigenvalue weighted by atomic mass is 9.94. The summed E-state index contributed by atoms with van der Waals surface area (Å²) >= 11 is 1.29. The van der Waals surface area contributed by atoms with Crippen LogP contribution < -0.4 is 4.74 Å². The van der Waals surface area contributed by atoms with Crippen LogP contribution in [0.1, 0.15) is 43.2 Å². The highest BCUT2D eigenvalue weighted by Crippen LogP contribution is 2.39. The van der Waals surface area contributed by atoms with Gasteiger partial charge in [0, 0.05) is 6.04 Å². The molecule has 3 aromatic rings. The van der Waals surface area contributed by atoms with E-state index in [4.69, 9.17) is 4.74 Å². The zero-order valence-corrected chi connectivity index (χ0v) is 20.5. The summed E-state index contributed by atoms with van der Waals surface area (Å²) in [5, 5.41) is 0.530. The Kier molecular flexibility index (Phi) is 7.47. The van der Waals surface area contributed by atoms with Crippen LogP contribution in [-0.4, -0.2) is 22.0 Å². The van der Waals surface area contributed by atoms with Crippen molar-refractivity contribution in [3.05, 3.63) is 100 Å². The standard InChI is InChI=1S/C29H26F2N2O2S/c30-22-14-10-21(11-15-22)19-35-24-16-12-20(13-17-24)18-27-28(34)33(23-6-2-1-3-7-23)29(36-27)32-26-9-5-4-8-25(26)31/h4-5,8-18,23H,1-3,6-7,19H2/b27-18-,32-29?. The third-order valence-corrected chi connectivity index (χ3v) is 7.32. The van der Waals surface area contributed by atoms with E-state index in [1.165, 1.54) is 36.4 Å². The van der Waals surface area contributed by atoms with Gasteiger partial charge in [0.05, 0.1) is 4.91 Å². The smallest absolute Gasteiger partial charge is 0.267 e. The number of carbonyl (C=O) groups excluding carboxylic acids is 1. The van der Waals surface area contributed by atoms with Crippen LogP contribution in [0.5, 0.6) is 5.75 Å². The van der Waals surface area contributed by atoms with E-state index < -0.39 is 5.82 Å². The van der Waals surface area contributed by atoms with Crippen LogP contribution in [0.15, 0.2) is 82.7 Å². The Morgan fingerprint density at radius 1 is 0.944 bits per heavy atom. The maximum atomic E-state index is 14.3. The van der Waals surface area contributed by atoms with Gasteiger partial charge in [0.1, 0.15) is 29.7 Å². The number of carbonyl (C=O) groups is 1. The van der Waals surface area contributed by atoms with Crippen LogP contribution in [0.3, 0.4) is 0 Å². The summed E-state index contributed by atoms with van der Waals surface area (Å²) in [6.45, 7) is 0.335. The Morgan fingerprint density at radius 2 is 1.67 bits per heavy atom. The molecule has 1 aliphatic carbocycles. The fourth-order valence-electron chi connectivity index (χ4n) is 4.43. The largest absolute Gasteiger partial charge is 0.489 e. The molecule has 36 heavy (non-hydrogen) atoms. The van der Waals surface area contributed by atoms with Crippen molar-refractivity contribution in [3.8, 4) is 5.75 Å². The van der Waals surface area contributed by atoms with Crippen LogP contribution in [0.25, 0.3) is 6.08 Å². The number of hydrogen-bond acceptors (Lipinski definition) is 4. The number of rotatable bonds is 6. The summed E-state index contributed by atoms with van der Waals surface area (Å²) in [7, 11) is 0. The molecule has 1 saturated heterocycles. The first kappa shape index (κ1) is 24.3. The van der Waals surface area contributed by atoms with E-state index in [0.717, 1.165) is 36.8 Å². The molecule has 1 heterocycles. The third-order valence-electron chi connectivity index (χ3n) is 6.34. The molecule has 1 aliphatic heterocycles. The Morgan fingerprint density at radius 3 is 2.39 bits per heavy atom. The van der Waals surface area contributed by atoms with Gasteiger partial charge in [0.25, 0.3) is 5.91 Å². The minimum atomic E-state index is -0.407. The van der Waals surface area contributed by atoms with E-state index in [-0.39, 0.29) is 23.5 Å². The van der Waals surface area contributed by atoms with Gasteiger partial charge in [0.2, 0.25) is 0 Å². The molecule has 184 valence electrons. The van der Waals surface area contributed by atoms with E-state index >= 15 is 0 Å². The molecule has 1 saturated carbocycles. The van der Waals surface area contributed by atoms with E-state index in [9.17, 15) is 13.6 Å². The molecule has 4 nitrogen and oxygen atoms in total. The topological polar surface area (TPSA) is 41.9 Å². The SMILES string of the molecule is O=C1/C(=C/c2ccc(OCc3ccc(F)cc3)cc2)SC(=Nc2ccccc2F)N1C1CCCCC1. The number of benzene rings is 3. The highest BCUT2D eigenvalue weighted by atomic mass is 32.2. The predicted octanol–water partition coefficient (Wildman–Crippen LogP) is 7.48. The molecule has 2 fully saturated rings. The van der Waals surface area contributed by atoms with Crippen molar-refractivity contribution < 1.29 is 18.3 Å². The molecule has 0 radical (unpaired) electrons. The number of amides is 1. The summed E-state index contributed by atoms with van der Waals surface area (Å²) in [5.74, 6) is -0.0916. The van der Waals surface area contributed by atoms with Crippen LogP contribution in [0.2, 0.25) is 0 Å². The van der Waals surface area contributed by atoms with Crippen molar-refractivity contribution >= 4 is 34.6 Å². The van der Waals surface area contributed by atoms with Crippen molar-refractivity contribution in [2.45, 2.75) is 44.8 Å². The van der Waals surface area contributed by atoms with Gasteiger partial charge in [0.15, 0.2) is 5.17 Å². The first-order valence-electron chi connectivity index (χ1n) is 12.1. The summed E-state index contributed by atoms with van der Waals surface area (Å²) in [6.07, 6.45) is 7.02. The normalized spacial score (nSPS) is 18.8. The van der Waals surface area contributed by atoms with Crippen molar-refractivity contribution in [1.29, 1.82) is 0 Å². The summed E-state index contributed by atoms with van der Waals surface area (Å²) in [4.78, 5) is 20.3. The molecule has 0 spiro atoms. The fourth-order valence-corrected chi connectivity index (χ4v) is 5.48. The molecule has 0 bridgehead atoms. The van der Waals surface area contributed by atoms with Gasteiger partial charge in [-0.2, -0.15) is 0 Å². The lowest BCUT2D eigenvalue weighted by Crippen LogP contribution is -2.40. The number of para-hydroxylation sites is 1. The number of nitrogens with zero attached hydrogens (tertiary/aromatic N) is 2. The summed E-state index contributed by atoms with van der Waals surface area (Å²) < 4.78 is 33.2. The van der Waals surface area contributed by atoms with Gasteiger partial charge >= 0.3 is 0 Å². The Bertz CT molecular complexity index is 1280. The van der Waals surface area contributed by atoms with Gasteiger partial charge in [-0.1, -0.05) is 55.7 Å². The molecular weight excluding hydrogens is 478 g/mol. The molecule has 2 aliphatic rings. The highest BCUT2D eigenvalue weighted by molar-refractivity contribution is 8.18. The molecule has 0 unspecified atom stereocenters. The monoisotopic (exact) mass is 504 g/mol. The maximum absolute atomic E-state index is 14.3. The molecule has 0 N–H and O–H groups in total.